The summed E-state index contributed by atoms with van der Waals surface area (Å²) < 4.78 is 7.45. The average Bonchev–Trinajstić information content (AvgIpc) is 3.03. The molecule has 1 aliphatic heterocycles. The van der Waals surface area contributed by atoms with E-state index in [0.717, 1.165) is 32.0 Å². The molecule has 3 aromatic rings. The fraction of sp³-hybridized carbons (Fsp3) is 0.316. The summed E-state index contributed by atoms with van der Waals surface area (Å²) in [6.45, 7) is 4.43. The van der Waals surface area contributed by atoms with Gasteiger partial charge in [-0.25, -0.2) is 9.67 Å². The second-order valence-corrected chi connectivity index (χ2v) is 6.71. The van der Waals surface area contributed by atoms with E-state index in [4.69, 9.17) is 16.6 Å². The Balaban J connectivity index is 1.36. The molecule has 1 saturated heterocycles. The molecule has 1 aliphatic rings. The van der Waals surface area contributed by atoms with Crippen molar-refractivity contribution in [1.29, 1.82) is 0 Å². The first kappa shape index (κ1) is 16.9. The quantitative estimate of drug-likeness (QED) is 0.646. The van der Waals surface area contributed by atoms with Crippen LogP contribution in [-0.4, -0.2) is 45.8 Å². The summed E-state index contributed by atoms with van der Waals surface area (Å²) in [5, 5.41) is 4.55. The minimum Gasteiger partial charge on any atom is -0.414 e. The minimum atomic E-state index is 0.433. The largest absolute Gasteiger partial charge is 0.414 e. The smallest absolute Gasteiger partial charge is 0.288 e. The summed E-state index contributed by atoms with van der Waals surface area (Å²) in [6, 6.07) is 16.2. The number of pyridine rings is 1. The topological polar surface area (TPSA) is 50.3 Å². The molecular weight excluding hydrogens is 346 g/mol. The third-order valence-corrected chi connectivity index (χ3v) is 4.82. The minimum absolute atomic E-state index is 0.433. The molecule has 0 N–H and O–H groups in total. The standard InChI is InChI=1S/C19H21N5OS/c26-19-24(21-18(25-19)14-16-6-2-1-3-7-16)15-22-10-12-23(13-11-22)17-8-4-5-9-20-17/h1-9H,10-15H2. The molecule has 0 aliphatic carbocycles. The van der Waals surface area contributed by atoms with E-state index in [9.17, 15) is 0 Å². The zero-order valence-electron chi connectivity index (χ0n) is 14.5. The van der Waals surface area contributed by atoms with E-state index >= 15 is 0 Å². The summed E-state index contributed by atoms with van der Waals surface area (Å²) in [5.41, 5.74) is 1.17. The van der Waals surface area contributed by atoms with Gasteiger partial charge in [-0.2, -0.15) is 0 Å². The summed E-state index contributed by atoms with van der Waals surface area (Å²) in [5.74, 6) is 1.70. The monoisotopic (exact) mass is 367 g/mol. The van der Waals surface area contributed by atoms with Crippen LogP contribution in [0.15, 0.2) is 59.1 Å². The van der Waals surface area contributed by atoms with E-state index in [0.29, 0.717) is 23.8 Å². The van der Waals surface area contributed by atoms with Crippen LogP contribution in [0.2, 0.25) is 0 Å². The third kappa shape index (κ3) is 4.00. The molecule has 0 bridgehead atoms. The van der Waals surface area contributed by atoms with Crippen LogP contribution in [0.25, 0.3) is 0 Å². The first-order chi connectivity index (χ1) is 12.8. The van der Waals surface area contributed by atoms with Crippen molar-refractivity contribution >= 4 is 18.0 Å². The summed E-state index contributed by atoms with van der Waals surface area (Å²) in [7, 11) is 0. The SMILES string of the molecule is S=c1oc(Cc2ccccc2)nn1CN1CCN(c2ccccn2)CC1. The number of anilines is 1. The summed E-state index contributed by atoms with van der Waals surface area (Å²) in [4.78, 5) is 9.50. The maximum absolute atomic E-state index is 5.67. The fourth-order valence-corrected chi connectivity index (χ4v) is 3.32. The number of nitrogens with zero attached hydrogens (tertiary/aromatic N) is 5. The number of aromatic nitrogens is 3. The van der Waals surface area contributed by atoms with Crippen molar-refractivity contribution in [2.75, 3.05) is 31.1 Å². The van der Waals surface area contributed by atoms with E-state index in [1.54, 1.807) is 4.68 Å². The van der Waals surface area contributed by atoms with E-state index < -0.39 is 0 Å². The van der Waals surface area contributed by atoms with Gasteiger partial charge in [0.05, 0.1) is 13.1 Å². The Kier molecular flexibility index (Phi) is 5.08. The second kappa shape index (κ2) is 7.80. The molecule has 6 nitrogen and oxygen atoms in total. The van der Waals surface area contributed by atoms with Gasteiger partial charge in [0.1, 0.15) is 5.82 Å². The second-order valence-electron chi connectivity index (χ2n) is 6.36. The number of hydrogen-bond acceptors (Lipinski definition) is 6. The number of benzene rings is 1. The molecule has 7 heteroatoms. The highest BCUT2D eigenvalue weighted by Gasteiger charge is 2.19. The molecule has 0 saturated carbocycles. The van der Waals surface area contributed by atoms with Gasteiger partial charge in [-0.3, -0.25) is 4.90 Å². The van der Waals surface area contributed by atoms with Crippen molar-refractivity contribution in [3.05, 3.63) is 71.0 Å². The molecule has 2 aromatic heterocycles. The summed E-state index contributed by atoms with van der Waals surface area (Å²) in [6.07, 6.45) is 2.50. The van der Waals surface area contributed by atoms with Crippen LogP contribution in [0.3, 0.4) is 0 Å². The third-order valence-electron chi connectivity index (χ3n) is 4.53. The zero-order valence-corrected chi connectivity index (χ0v) is 15.3. The van der Waals surface area contributed by atoms with Gasteiger partial charge in [-0.1, -0.05) is 36.4 Å². The van der Waals surface area contributed by atoms with E-state index in [-0.39, 0.29) is 0 Å². The highest BCUT2D eigenvalue weighted by atomic mass is 32.1. The fourth-order valence-electron chi connectivity index (χ4n) is 3.13. The van der Waals surface area contributed by atoms with Crippen molar-refractivity contribution in [2.45, 2.75) is 13.1 Å². The van der Waals surface area contributed by atoms with Crippen LogP contribution in [-0.2, 0) is 13.1 Å². The van der Waals surface area contributed by atoms with Crippen LogP contribution in [0.1, 0.15) is 11.5 Å². The molecule has 134 valence electrons. The van der Waals surface area contributed by atoms with Gasteiger partial charge in [0.25, 0.3) is 4.84 Å². The first-order valence-corrected chi connectivity index (χ1v) is 9.18. The first-order valence-electron chi connectivity index (χ1n) is 8.77. The highest BCUT2D eigenvalue weighted by Crippen LogP contribution is 2.14. The molecule has 26 heavy (non-hydrogen) atoms. The van der Waals surface area contributed by atoms with Crippen molar-refractivity contribution in [2.24, 2.45) is 0 Å². The molecule has 0 amide bonds. The summed E-state index contributed by atoms with van der Waals surface area (Å²) >= 11 is 5.34. The zero-order chi connectivity index (χ0) is 17.8. The molecule has 0 spiro atoms. The van der Waals surface area contributed by atoms with Crippen LogP contribution < -0.4 is 4.90 Å². The van der Waals surface area contributed by atoms with Gasteiger partial charge in [0.15, 0.2) is 0 Å². The van der Waals surface area contributed by atoms with Gasteiger partial charge < -0.3 is 9.32 Å². The Bertz CT molecular complexity index is 885. The molecule has 3 heterocycles. The Morgan fingerprint density at radius 3 is 2.46 bits per heavy atom. The number of piperazine rings is 1. The normalized spacial score (nSPS) is 15.3. The Labute approximate surface area is 157 Å². The van der Waals surface area contributed by atoms with Crippen LogP contribution in [0, 0.1) is 4.84 Å². The predicted octanol–water partition coefficient (Wildman–Crippen LogP) is 2.97. The Morgan fingerprint density at radius 2 is 1.73 bits per heavy atom. The predicted molar refractivity (Wildman–Crippen MR) is 103 cm³/mol. The Hall–Kier alpha value is -2.51. The van der Waals surface area contributed by atoms with E-state index in [1.165, 1.54) is 5.56 Å². The van der Waals surface area contributed by atoms with Gasteiger partial charge in [0, 0.05) is 32.4 Å². The molecule has 1 aromatic carbocycles. The van der Waals surface area contributed by atoms with Crippen molar-refractivity contribution in [3.63, 3.8) is 0 Å². The lowest BCUT2D eigenvalue weighted by atomic mass is 10.2. The van der Waals surface area contributed by atoms with Gasteiger partial charge >= 0.3 is 0 Å². The van der Waals surface area contributed by atoms with E-state index in [1.807, 2.05) is 36.5 Å². The molecule has 0 radical (unpaired) electrons. The number of rotatable bonds is 5. The average molecular weight is 367 g/mol. The van der Waals surface area contributed by atoms with Crippen molar-refractivity contribution in [1.82, 2.24) is 19.7 Å². The maximum atomic E-state index is 5.67. The highest BCUT2D eigenvalue weighted by molar-refractivity contribution is 7.71. The van der Waals surface area contributed by atoms with Crippen LogP contribution >= 0.6 is 12.2 Å². The Morgan fingerprint density at radius 1 is 0.962 bits per heavy atom. The molecular formula is C19H21N5OS. The van der Waals surface area contributed by atoms with Crippen LogP contribution in [0.4, 0.5) is 5.82 Å². The molecule has 4 rings (SSSR count). The lowest BCUT2D eigenvalue weighted by molar-refractivity contribution is 0.192. The maximum Gasteiger partial charge on any atom is 0.288 e. The van der Waals surface area contributed by atoms with E-state index in [2.05, 4.69) is 38.1 Å². The number of hydrogen-bond donors (Lipinski definition) is 0. The lowest BCUT2D eigenvalue weighted by Crippen LogP contribution is -2.47. The lowest BCUT2D eigenvalue weighted by Gasteiger charge is -2.34. The van der Waals surface area contributed by atoms with Gasteiger partial charge in [-0.05, 0) is 29.9 Å². The van der Waals surface area contributed by atoms with Gasteiger partial charge in [0.2, 0.25) is 5.89 Å². The molecule has 0 atom stereocenters. The van der Waals surface area contributed by atoms with Crippen molar-refractivity contribution in [3.8, 4) is 0 Å². The van der Waals surface area contributed by atoms with Crippen molar-refractivity contribution < 1.29 is 4.42 Å². The molecule has 1 fully saturated rings. The molecule has 0 unspecified atom stereocenters. The van der Waals surface area contributed by atoms with Gasteiger partial charge in [-0.15, -0.1) is 5.10 Å². The van der Waals surface area contributed by atoms with Crippen LogP contribution in [0.5, 0.6) is 0 Å².